The summed E-state index contributed by atoms with van der Waals surface area (Å²) in [5.74, 6) is -0.380. The van der Waals surface area contributed by atoms with Gasteiger partial charge >= 0.3 is 0 Å². The van der Waals surface area contributed by atoms with Gasteiger partial charge in [-0.3, -0.25) is 9.59 Å². The first kappa shape index (κ1) is 16.0. The second-order valence-electron chi connectivity index (χ2n) is 4.47. The largest absolute Gasteiger partial charge is 0.493 e. The standard InChI is InChI=1S/C16H15BrN2O3/c1-2-22-14-7-6-11(17)9-13(14)16(21)19-12-5-3-4-10(8-12)15(18)20/h3-9H,2H2,1H3,(H2,18,20)(H,19,21). The lowest BCUT2D eigenvalue weighted by atomic mass is 10.1. The second kappa shape index (κ2) is 7.09. The summed E-state index contributed by atoms with van der Waals surface area (Å²) in [5.41, 5.74) is 6.45. The highest BCUT2D eigenvalue weighted by Gasteiger charge is 2.14. The van der Waals surface area contributed by atoms with Crippen molar-refractivity contribution in [3.05, 3.63) is 58.1 Å². The highest BCUT2D eigenvalue weighted by molar-refractivity contribution is 9.10. The maximum atomic E-state index is 12.4. The van der Waals surface area contributed by atoms with Crippen molar-refractivity contribution in [2.45, 2.75) is 6.92 Å². The van der Waals surface area contributed by atoms with Gasteiger partial charge in [-0.25, -0.2) is 0 Å². The monoisotopic (exact) mass is 362 g/mol. The van der Waals surface area contributed by atoms with Crippen LogP contribution in [0.1, 0.15) is 27.6 Å². The molecule has 0 aliphatic rings. The number of primary amides is 1. The fourth-order valence-corrected chi connectivity index (χ4v) is 2.27. The minimum Gasteiger partial charge on any atom is -0.493 e. The molecule has 0 aromatic heterocycles. The molecular formula is C16H15BrN2O3. The Morgan fingerprint density at radius 1 is 1.23 bits per heavy atom. The van der Waals surface area contributed by atoms with Crippen LogP contribution in [0.15, 0.2) is 46.9 Å². The van der Waals surface area contributed by atoms with E-state index in [1.165, 1.54) is 6.07 Å². The number of hydrogen-bond donors (Lipinski definition) is 2. The van der Waals surface area contributed by atoms with Gasteiger partial charge in [0.25, 0.3) is 5.91 Å². The quantitative estimate of drug-likeness (QED) is 0.856. The van der Waals surface area contributed by atoms with Gasteiger partial charge < -0.3 is 15.8 Å². The Balaban J connectivity index is 2.27. The summed E-state index contributed by atoms with van der Waals surface area (Å²) in [4.78, 5) is 23.6. The van der Waals surface area contributed by atoms with Crippen LogP contribution in [0.3, 0.4) is 0 Å². The zero-order valence-corrected chi connectivity index (χ0v) is 13.5. The van der Waals surface area contributed by atoms with Crippen molar-refractivity contribution in [3.63, 3.8) is 0 Å². The van der Waals surface area contributed by atoms with Crippen LogP contribution in [0.5, 0.6) is 5.75 Å². The van der Waals surface area contributed by atoms with Crippen LogP contribution in [0.4, 0.5) is 5.69 Å². The number of amides is 2. The number of hydrogen-bond acceptors (Lipinski definition) is 3. The molecule has 0 saturated carbocycles. The number of nitrogens with one attached hydrogen (secondary N) is 1. The van der Waals surface area contributed by atoms with Gasteiger partial charge in [0.15, 0.2) is 0 Å². The molecule has 0 atom stereocenters. The van der Waals surface area contributed by atoms with Crippen LogP contribution in [0.2, 0.25) is 0 Å². The Kier molecular flexibility index (Phi) is 5.16. The van der Waals surface area contributed by atoms with Crippen LogP contribution in [-0.4, -0.2) is 18.4 Å². The summed E-state index contributed by atoms with van der Waals surface area (Å²) in [6, 6.07) is 11.7. The lowest BCUT2D eigenvalue weighted by Gasteiger charge is -2.11. The van der Waals surface area contributed by atoms with Crippen molar-refractivity contribution in [1.29, 1.82) is 0 Å². The molecule has 0 unspecified atom stereocenters. The van der Waals surface area contributed by atoms with Crippen LogP contribution in [0.25, 0.3) is 0 Å². The molecule has 3 N–H and O–H groups in total. The van der Waals surface area contributed by atoms with Crippen molar-refractivity contribution in [2.75, 3.05) is 11.9 Å². The molecule has 0 aliphatic heterocycles. The Morgan fingerprint density at radius 2 is 2.00 bits per heavy atom. The molecule has 0 heterocycles. The minimum absolute atomic E-state index is 0.327. The smallest absolute Gasteiger partial charge is 0.259 e. The minimum atomic E-state index is -0.548. The van der Waals surface area contributed by atoms with Crippen molar-refractivity contribution in [1.82, 2.24) is 0 Å². The molecule has 0 aliphatic carbocycles. The van der Waals surface area contributed by atoms with Crippen molar-refractivity contribution in [3.8, 4) is 5.75 Å². The van der Waals surface area contributed by atoms with Gasteiger partial charge in [0, 0.05) is 15.7 Å². The van der Waals surface area contributed by atoms with Gasteiger partial charge in [-0.15, -0.1) is 0 Å². The molecule has 5 nitrogen and oxygen atoms in total. The molecule has 0 radical (unpaired) electrons. The zero-order valence-electron chi connectivity index (χ0n) is 11.9. The Morgan fingerprint density at radius 3 is 2.68 bits per heavy atom. The average molecular weight is 363 g/mol. The van der Waals surface area contributed by atoms with E-state index in [1.807, 2.05) is 6.92 Å². The number of carbonyl (C=O) groups excluding carboxylic acids is 2. The summed E-state index contributed by atoms with van der Waals surface area (Å²) in [7, 11) is 0. The van der Waals surface area contributed by atoms with E-state index in [0.717, 1.165) is 4.47 Å². The van der Waals surface area contributed by atoms with E-state index in [2.05, 4.69) is 21.2 Å². The fourth-order valence-electron chi connectivity index (χ4n) is 1.91. The number of nitrogens with two attached hydrogens (primary N) is 1. The second-order valence-corrected chi connectivity index (χ2v) is 5.39. The van der Waals surface area contributed by atoms with Crippen molar-refractivity contribution in [2.24, 2.45) is 5.73 Å². The summed E-state index contributed by atoms with van der Waals surface area (Å²) >= 11 is 3.34. The van der Waals surface area contributed by atoms with Gasteiger partial charge in [0.05, 0.1) is 12.2 Å². The first-order valence-corrected chi connectivity index (χ1v) is 7.44. The predicted molar refractivity (Wildman–Crippen MR) is 88.2 cm³/mol. The SMILES string of the molecule is CCOc1ccc(Br)cc1C(=O)Nc1cccc(C(N)=O)c1. The highest BCUT2D eigenvalue weighted by Crippen LogP contribution is 2.24. The third kappa shape index (κ3) is 3.85. The highest BCUT2D eigenvalue weighted by atomic mass is 79.9. The van der Waals surface area contributed by atoms with Gasteiger partial charge in [0.1, 0.15) is 5.75 Å². The number of halogens is 1. The summed E-state index contributed by atoms with van der Waals surface area (Å²) in [5, 5.41) is 2.73. The maximum Gasteiger partial charge on any atom is 0.259 e. The van der Waals surface area contributed by atoms with E-state index in [9.17, 15) is 9.59 Å². The van der Waals surface area contributed by atoms with Gasteiger partial charge in [-0.1, -0.05) is 22.0 Å². The first-order chi connectivity index (χ1) is 10.5. The fraction of sp³-hybridized carbons (Fsp3) is 0.125. The Hall–Kier alpha value is -2.34. The topological polar surface area (TPSA) is 81.4 Å². The first-order valence-electron chi connectivity index (χ1n) is 6.65. The summed E-state index contributed by atoms with van der Waals surface area (Å²) in [6.45, 7) is 2.30. The lowest BCUT2D eigenvalue weighted by molar-refractivity contribution is 0.0995. The van der Waals surface area contributed by atoms with E-state index in [4.69, 9.17) is 10.5 Å². The van der Waals surface area contributed by atoms with Gasteiger partial charge in [-0.05, 0) is 43.3 Å². The van der Waals surface area contributed by atoms with Crippen LogP contribution >= 0.6 is 15.9 Å². The Labute approximate surface area is 136 Å². The third-order valence-electron chi connectivity index (χ3n) is 2.89. The van der Waals surface area contributed by atoms with Crippen LogP contribution in [0, 0.1) is 0 Å². The molecule has 2 amide bonds. The van der Waals surface area contributed by atoms with Crippen molar-refractivity contribution >= 4 is 33.4 Å². The third-order valence-corrected chi connectivity index (χ3v) is 3.38. The lowest BCUT2D eigenvalue weighted by Crippen LogP contribution is -2.15. The number of ether oxygens (including phenoxy) is 1. The molecule has 0 fully saturated rings. The van der Waals surface area contributed by atoms with E-state index < -0.39 is 5.91 Å². The number of anilines is 1. The molecule has 0 bridgehead atoms. The van der Waals surface area contributed by atoms with Crippen LogP contribution in [-0.2, 0) is 0 Å². The molecule has 0 saturated heterocycles. The molecule has 2 aromatic rings. The molecule has 114 valence electrons. The number of carbonyl (C=O) groups is 2. The normalized spacial score (nSPS) is 10.1. The molecule has 22 heavy (non-hydrogen) atoms. The maximum absolute atomic E-state index is 12.4. The average Bonchev–Trinajstić information content (AvgIpc) is 2.49. The number of benzene rings is 2. The molecule has 6 heteroatoms. The molecule has 2 rings (SSSR count). The molecule has 0 spiro atoms. The van der Waals surface area contributed by atoms with E-state index in [1.54, 1.807) is 36.4 Å². The van der Waals surface area contributed by atoms with E-state index in [0.29, 0.717) is 29.2 Å². The number of rotatable bonds is 5. The Bertz CT molecular complexity index is 716. The van der Waals surface area contributed by atoms with E-state index >= 15 is 0 Å². The summed E-state index contributed by atoms with van der Waals surface area (Å²) in [6.07, 6.45) is 0. The van der Waals surface area contributed by atoms with E-state index in [-0.39, 0.29) is 5.91 Å². The zero-order chi connectivity index (χ0) is 16.1. The molecular weight excluding hydrogens is 348 g/mol. The van der Waals surface area contributed by atoms with Gasteiger partial charge in [-0.2, -0.15) is 0 Å². The van der Waals surface area contributed by atoms with Crippen molar-refractivity contribution < 1.29 is 14.3 Å². The molecule has 2 aromatic carbocycles. The summed E-state index contributed by atoms with van der Waals surface area (Å²) < 4.78 is 6.23. The van der Waals surface area contributed by atoms with Crippen LogP contribution < -0.4 is 15.8 Å². The predicted octanol–water partition coefficient (Wildman–Crippen LogP) is 3.20. The van der Waals surface area contributed by atoms with Gasteiger partial charge in [0.2, 0.25) is 5.91 Å².